The predicted octanol–water partition coefficient (Wildman–Crippen LogP) is 1.99. The Morgan fingerprint density at radius 1 is 1.36 bits per heavy atom. The van der Waals surface area contributed by atoms with Crippen LogP contribution in [0.3, 0.4) is 0 Å². The van der Waals surface area contributed by atoms with Crippen LogP contribution < -0.4 is 0 Å². The molecule has 0 spiro atoms. The fraction of sp³-hybridized carbons (Fsp3) is 1.00. The molecule has 0 radical (unpaired) electrons. The number of hydrogen-bond donors (Lipinski definition) is 2. The molecule has 0 bridgehead atoms. The molecule has 11 heavy (non-hydrogen) atoms. The van der Waals surface area contributed by atoms with Crippen LogP contribution >= 0.6 is 7.60 Å². The van der Waals surface area contributed by atoms with Gasteiger partial charge in [-0.3, -0.25) is 4.57 Å². The summed E-state index contributed by atoms with van der Waals surface area (Å²) in [6.07, 6.45) is 1.44. The molecular formula is C7H17O3P. The smallest absolute Gasteiger partial charge is 0.324 e. The summed E-state index contributed by atoms with van der Waals surface area (Å²) in [5, 5.41) is 0. The highest BCUT2D eigenvalue weighted by Crippen LogP contribution is 2.46. The van der Waals surface area contributed by atoms with Gasteiger partial charge in [0.25, 0.3) is 0 Å². The first-order valence-electron chi connectivity index (χ1n) is 3.94. The lowest BCUT2D eigenvalue weighted by molar-refractivity contribution is 0.336. The van der Waals surface area contributed by atoms with Gasteiger partial charge in [0.15, 0.2) is 0 Å². The lowest BCUT2D eigenvalue weighted by Gasteiger charge is -2.20. The highest BCUT2D eigenvalue weighted by Gasteiger charge is 2.30. The van der Waals surface area contributed by atoms with Gasteiger partial charge in [-0.25, -0.2) is 0 Å². The molecule has 1 atom stereocenters. The lowest BCUT2D eigenvalue weighted by atomic mass is 10.1. The molecule has 0 aromatic heterocycles. The maximum atomic E-state index is 10.9. The minimum atomic E-state index is -3.85. The van der Waals surface area contributed by atoms with Gasteiger partial charge >= 0.3 is 7.60 Å². The zero-order valence-corrected chi connectivity index (χ0v) is 8.21. The van der Waals surface area contributed by atoms with Crippen molar-refractivity contribution in [2.75, 3.05) is 0 Å². The maximum Gasteiger partial charge on any atom is 0.328 e. The first kappa shape index (κ1) is 11.2. The normalized spacial score (nSPS) is 15.5. The lowest BCUT2D eigenvalue weighted by Crippen LogP contribution is -2.15. The van der Waals surface area contributed by atoms with Crippen molar-refractivity contribution < 1.29 is 14.4 Å². The maximum absolute atomic E-state index is 10.9. The molecular weight excluding hydrogens is 163 g/mol. The largest absolute Gasteiger partial charge is 0.328 e. The van der Waals surface area contributed by atoms with E-state index >= 15 is 0 Å². The third kappa shape index (κ3) is 3.90. The SMILES string of the molecule is CCCC(C(C)C)P(=O)(O)O. The zero-order chi connectivity index (χ0) is 9.07. The first-order valence-corrected chi connectivity index (χ1v) is 5.63. The highest BCUT2D eigenvalue weighted by atomic mass is 31.2. The van der Waals surface area contributed by atoms with Crippen LogP contribution in [-0.2, 0) is 4.57 Å². The Bertz CT molecular complexity index is 150. The summed E-state index contributed by atoms with van der Waals surface area (Å²) in [4.78, 5) is 17.8. The topological polar surface area (TPSA) is 57.5 Å². The van der Waals surface area contributed by atoms with Crippen molar-refractivity contribution in [1.29, 1.82) is 0 Å². The Morgan fingerprint density at radius 3 is 1.91 bits per heavy atom. The molecule has 0 aromatic carbocycles. The molecule has 4 heteroatoms. The van der Waals surface area contributed by atoms with Crippen LogP contribution in [0.25, 0.3) is 0 Å². The molecule has 0 heterocycles. The Hall–Kier alpha value is 0.150. The molecule has 1 unspecified atom stereocenters. The second kappa shape index (κ2) is 4.24. The van der Waals surface area contributed by atoms with Gasteiger partial charge in [0.2, 0.25) is 0 Å². The quantitative estimate of drug-likeness (QED) is 0.650. The van der Waals surface area contributed by atoms with Gasteiger partial charge in [-0.15, -0.1) is 0 Å². The van der Waals surface area contributed by atoms with E-state index in [0.29, 0.717) is 6.42 Å². The Balaban J connectivity index is 4.23. The van der Waals surface area contributed by atoms with Crippen LogP contribution in [0.4, 0.5) is 0 Å². The number of hydrogen-bond acceptors (Lipinski definition) is 1. The van der Waals surface area contributed by atoms with Gasteiger partial charge in [0, 0.05) is 0 Å². The summed E-state index contributed by atoms with van der Waals surface area (Å²) in [6, 6.07) is 0. The van der Waals surface area contributed by atoms with Crippen molar-refractivity contribution in [3.8, 4) is 0 Å². The van der Waals surface area contributed by atoms with E-state index in [0.717, 1.165) is 6.42 Å². The van der Waals surface area contributed by atoms with Crippen LogP contribution in [0, 0.1) is 5.92 Å². The summed E-state index contributed by atoms with van der Waals surface area (Å²) < 4.78 is 10.9. The van der Waals surface area contributed by atoms with Crippen LogP contribution in [0.15, 0.2) is 0 Å². The minimum absolute atomic E-state index is 0.0655. The molecule has 0 aromatic rings. The van der Waals surface area contributed by atoms with Gasteiger partial charge in [-0.1, -0.05) is 27.2 Å². The van der Waals surface area contributed by atoms with Crippen molar-refractivity contribution in [1.82, 2.24) is 0 Å². The summed E-state index contributed by atoms with van der Waals surface area (Å²) in [5.41, 5.74) is -0.451. The average Bonchev–Trinajstić information content (AvgIpc) is 1.79. The van der Waals surface area contributed by atoms with E-state index in [1.807, 2.05) is 20.8 Å². The van der Waals surface area contributed by atoms with Crippen molar-refractivity contribution in [3.05, 3.63) is 0 Å². The molecule has 0 rings (SSSR count). The molecule has 0 aliphatic rings. The third-order valence-corrected chi connectivity index (χ3v) is 3.50. The molecule has 0 aliphatic heterocycles. The summed E-state index contributed by atoms with van der Waals surface area (Å²) in [7, 11) is -3.85. The Morgan fingerprint density at radius 2 is 1.82 bits per heavy atom. The molecule has 0 fully saturated rings. The third-order valence-electron chi connectivity index (χ3n) is 1.79. The molecule has 0 amide bonds. The van der Waals surface area contributed by atoms with Crippen molar-refractivity contribution in [2.45, 2.75) is 39.3 Å². The summed E-state index contributed by atoms with van der Waals surface area (Å²) in [5.74, 6) is 0.0655. The fourth-order valence-corrected chi connectivity index (χ4v) is 2.56. The van der Waals surface area contributed by atoms with Crippen LogP contribution in [0.5, 0.6) is 0 Å². The summed E-state index contributed by atoms with van der Waals surface area (Å²) in [6.45, 7) is 5.63. The second-order valence-corrected chi connectivity index (χ2v) is 5.03. The molecule has 68 valence electrons. The Kier molecular flexibility index (Phi) is 4.30. The van der Waals surface area contributed by atoms with Crippen LogP contribution in [0.1, 0.15) is 33.6 Å². The first-order chi connectivity index (χ1) is 4.89. The van der Waals surface area contributed by atoms with E-state index in [1.165, 1.54) is 0 Å². The summed E-state index contributed by atoms with van der Waals surface area (Å²) >= 11 is 0. The van der Waals surface area contributed by atoms with Gasteiger partial charge in [-0.05, 0) is 12.3 Å². The molecule has 0 saturated heterocycles. The molecule has 3 nitrogen and oxygen atoms in total. The predicted molar refractivity (Wildman–Crippen MR) is 45.6 cm³/mol. The van der Waals surface area contributed by atoms with Gasteiger partial charge < -0.3 is 9.79 Å². The monoisotopic (exact) mass is 180 g/mol. The van der Waals surface area contributed by atoms with E-state index in [-0.39, 0.29) is 5.92 Å². The second-order valence-electron chi connectivity index (χ2n) is 3.19. The average molecular weight is 180 g/mol. The van der Waals surface area contributed by atoms with Gasteiger partial charge in [0.1, 0.15) is 0 Å². The van der Waals surface area contributed by atoms with E-state index < -0.39 is 13.3 Å². The van der Waals surface area contributed by atoms with Gasteiger partial charge in [0.05, 0.1) is 5.66 Å². The molecule has 2 N–H and O–H groups in total. The fourth-order valence-electron chi connectivity index (χ4n) is 1.19. The van der Waals surface area contributed by atoms with E-state index in [9.17, 15) is 4.57 Å². The van der Waals surface area contributed by atoms with E-state index in [2.05, 4.69) is 0 Å². The van der Waals surface area contributed by atoms with E-state index in [4.69, 9.17) is 9.79 Å². The highest BCUT2D eigenvalue weighted by molar-refractivity contribution is 7.52. The molecule has 0 saturated carbocycles. The van der Waals surface area contributed by atoms with Crippen molar-refractivity contribution in [2.24, 2.45) is 5.92 Å². The molecule has 0 aliphatic carbocycles. The van der Waals surface area contributed by atoms with Crippen molar-refractivity contribution >= 4 is 7.60 Å². The van der Waals surface area contributed by atoms with Crippen molar-refractivity contribution in [3.63, 3.8) is 0 Å². The van der Waals surface area contributed by atoms with E-state index in [1.54, 1.807) is 0 Å². The minimum Gasteiger partial charge on any atom is -0.324 e. The Labute approximate surface area is 68.0 Å². The van der Waals surface area contributed by atoms with Crippen LogP contribution in [0.2, 0.25) is 0 Å². The van der Waals surface area contributed by atoms with Crippen LogP contribution in [-0.4, -0.2) is 15.4 Å². The number of rotatable bonds is 4. The van der Waals surface area contributed by atoms with Gasteiger partial charge in [-0.2, -0.15) is 0 Å². The zero-order valence-electron chi connectivity index (χ0n) is 7.32. The standard InChI is InChI=1S/C7H17O3P/c1-4-5-7(6(2)3)11(8,9)10/h6-7H,4-5H2,1-3H3,(H2,8,9,10).